The van der Waals surface area contributed by atoms with Crippen molar-refractivity contribution in [2.45, 2.75) is 57.8 Å². The van der Waals surface area contributed by atoms with Gasteiger partial charge in [-0.15, -0.1) is 0 Å². The van der Waals surface area contributed by atoms with E-state index in [0.29, 0.717) is 6.54 Å². The minimum Gasteiger partial charge on any atom is -0.479 e. The molecule has 0 bridgehead atoms. The highest BCUT2D eigenvalue weighted by Crippen LogP contribution is 2.31. The summed E-state index contributed by atoms with van der Waals surface area (Å²) in [6.07, 6.45) is 0.121. The number of nitrogens with zero attached hydrogens (tertiary/aromatic N) is 1. The molecule has 0 aliphatic carbocycles. The number of methoxy groups -OCH3 is 1. The third-order valence-electron chi connectivity index (χ3n) is 3.32. The van der Waals surface area contributed by atoms with E-state index in [-0.39, 0.29) is 18.9 Å². The predicted molar refractivity (Wildman–Crippen MR) is 69.0 cm³/mol. The average molecular weight is 273 g/mol. The second-order valence-corrected chi connectivity index (χ2v) is 5.98. The van der Waals surface area contributed by atoms with Crippen LogP contribution in [0.4, 0.5) is 4.79 Å². The van der Waals surface area contributed by atoms with Crippen molar-refractivity contribution in [2.75, 3.05) is 13.7 Å². The molecule has 0 aromatic heterocycles. The second-order valence-electron chi connectivity index (χ2n) is 5.98. The maximum atomic E-state index is 12.0. The van der Waals surface area contributed by atoms with Crippen molar-refractivity contribution in [3.8, 4) is 0 Å². The van der Waals surface area contributed by atoms with E-state index in [0.717, 1.165) is 0 Å². The molecule has 0 saturated carbocycles. The Morgan fingerprint density at radius 2 is 1.95 bits per heavy atom. The number of amides is 1. The summed E-state index contributed by atoms with van der Waals surface area (Å²) in [5.41, 5.74) is -1.75. The number of carbonyl (C=O) groups is 2. The number of hydrogen-bond donors (Lipinski definition) is 1. The van der Waals surface area contributed by atoms with Gasteiger partial charge in [-0.2, -0.15) is 0 Å². The number of carbonyl (C=O) groups excluding carboxylic acids is 1. The van der Waals surface area contributed by atoms with E-state index in [1.54, 1.807) is 32.6 Å². The Balaban J connectivity index is 2.74. The summed E-state index contributed by atoms with van der Waals surface area (Å²) in [4.78, 5) is 24.9. The zero-order chi connectivity index (χ0) is 14.8. The van der Waals surface area contributed by atoms with E-state index < -0.39 is 23.3 Å². The van der Waals surface area contributed by atoms with Crippen molar-refractivity contribution in [2.24, 2.45) is 0 Å². The number of carboxylic acid groups (broad SMARTS) is 1. The van der Waals surface area contributed by atoms with Gasteiger partial charge in [-0.1, -0.05) is 0 Å². The summed E-state index contributed by atoms with van der Waals surface area (Å²) >= 11 is 0. The van der Waals surface area contributed by atoms with Gasteiger partial charge in [0.05, 0.1) is 0 Å². The summed E-state index contributed by atoms with van der Waals surface area (Å²) in [5, 5.41) is 9.26. The molecule has 110 valence electrons. The number of hydrogen-bond acceptors (Lipinski definition) is 4. The zero-order valence-corrected chi connectivity index (χ0v) is 12.2. The SMILES string of the molecule is COC1(C(=O)O)CCN(C(=O)OC(C)(C)C)C(C)C1. The molecule has 0 aromatic carbocycles. The number of likely N-dealkylation sites (tertiary alicyclic amines) is 1. The first-order valence-electron chi connectivity index (χ1n) is 6.39. The van der Waals surface area contributed by atoms with Crippen molar-refractivity contribution in [1.82, 2.24) is 4.90 Å². The van der Waals surface area contributed by atoms with E-state index in [1.807, 2.05) is 0 Å². The molecule has 1 heterocycles. The molecule has 1 N–H and O–H groups in total. The summed E-state index contributed by atoms with van der Waals surface area (Å²) in [7, 11) is 1.39. The summed E-state index contributed by atoms with van der Waals surface area (Å²) in [6, 6.07) is -0.236. The highest BCUT2D eigenvalue weighted by atomic mass is 16.6. The van der Waals surface area contributed by atoms with Crippen molar-refractivity contribution in [3.05, 3.63) is 0 Å². The fourth-order valence-electron chi connectivity index (χ4n) is 2.27. The number of aliphatic carboxylic acids is 1. The molecule has 6 nitrogen and oxygen atoms in total. The van der Waals surface area contributed by atoms with Crippen LogP contribution in [-0.2, 0) is 14.3 Å². The van der Waals surface area contributed by atoms with Crippen LogP contribution in [0.1, 0.15) is 40.5 Å². The van der Waals surface area contributed by atoms with Crippen LogP contribution in [0.3, 0.4) is 0 Å². The highest BCUT2D eigenvalue weighted by molar-refractivity contribution is 5.78. The van der Waals surface area contributed by atoms with Crippen molar-refractivity contribution in [1.29, 1.82) is 0 Å². The Hall–Kier alpha value is -1.30. The van der Waals surface area contributed by atoms with Crippen LogP contribution >= 0.6 is 0 Å². The lowest BCUT2D eigenvalue weighted by Gasteiger charge is -2.42. The topological polar surface area (TPSA) is 76.1 Å². The molecule has 0 spiro atoms. The molecule has 0 radical (unpaired) electrons. The van der Waals surface area contributed by atoms with Gasteiger partial charge >= 0.3 is 12.1 Å². The van der Waals surface area contributed by atoms with E-state index in [9.17, 15) is 14.7 Å². The fourth-order valence-corrected chi connectivity index (χ4v) is 2.27. The Labute approximate surface area is 113 Å². The molecule has 1 fully saturated rings. The van der Waals surface area contributed by atoms with Crippen LogP contribution in [0.5, 0.6) is 0 Å². The average Bonchev–Trinajstić information content (AvgIpc) is 2.25. The van der Waals surface area contributed by atoms with Gasteiger partial charge in [0.1, 0.15) is 5.60 Å². The lowest BCUT2D eigenvalue weighted by molar-refractivity contribution is -0.170. The summed E-state index contributed by atoms with van der Waals surface area (Å²) < 4.78 is 10.5. The Kier molecular flexibility index (Phi) is 4.45. The second kappa shape index (κ2) is 5.36. The van der Waals surface area contributed by atoms with Crippen LogP contribution in [-0.4, -0.2) is 53.0 Å². The van der Waals surface area contributed by atoms with Crippen molar-refractivity contribution < 1.29 is 24.2 Å². The Morgan fingerprint density at radius 1 is 1.37 bits per heavy atom. The fraction of sp³-hybridized carbons (Fsp3) is 0.846. The normalized spacial score (nSPS) is 28.1. The lowest BCUT2D eigenvalue weighted by Crippen LogP contribution is -2.56. The van der Waals surface area contributed by atoms with Gasteiger partial charge in [-0.3, -0.25) is 0 Å². The molecule has 0 aromatic rings. The molecule has 1 aliphatic rings. The first kappa shape index (κ1) is 15.8. The Morgan fingerprint density at radius 3 is 2.32 bits per heavy atom. The molecule has 6 heteroatoms. The minimum absolute atomic E-state index is 0.236. The smallest absolute Gasteiger partial charge is 0.410 e. The maximum Gasteiger partial charge on any atom is 0.410 e. The van der Waals surface area contributed by atoms with Gasteiger partial charge in [-0.05, 0) is 27.7 Å². The van der Waals surface area contributed by atoms with Gasteiger partial charge < -0.3 is 19.5 Å². The zero-order valence-electron chi connectivity index (χ0n) is 12.2. The van der Waals surface area contributed by atoms with Gasteiger partial charge in [0.25, 0.3) is 0 Å². The van der Waals surface area contributed by atoms with Gasteiger partial charge in [-0.25, -0.2) is 9.59 Å². The molecule has 1 rings (SSSR count). The predicted octanol–water partition coefficient (Wildman–Crippen LogP) is 1.88. The molecule has 2 unspecified atom stereocenters. The lowest BCUT2D eigenvalue weighted by atomic mass is 9.87. The molecule has 1 saturated heterocycles. The van der Waals surface area contributed by atoms with E-state index in [1.165, 1.54) is 7.11 Å². The highest BCUT2D eigenvalue weighted by Gasteiger charge is 2.46. The molecule has 1 amide bonds. The molecule has 1 aliphatic heterocycles. The van der Waals surface area contributed by atoms with Gasteiger partial charge in [0, 0.05) is 32.5 Å². The molecule has 19 heavy (non-hydrogen) atoms. The quantitative estimate of drug-likeness (QED) is 0.831. The number of piperidine rings is 1. The van der Waals surface area contributed by atoms with Crippen molar-refractivity contribution >= 4 is 12.1 Å². The monoisotopic (exact) mass is 273 g/mol. The maximum absolute atomic E-state index is 12.0. The minimum atomic E-state index is -1.20. The van der Waals surface area contributed by atoms with Crippen LogP contribution < -0.4 is 0 Å². The first-order chi connectivity index (χ1) is 8.61. The first-order valence-corrected chi connectivity index (χ1v) is 6.39. The molecular formula is C13H23NO5. The van der Waals surface area contributed by atoms with E-state index in [4.69, 9.17) is 9.47 Å². The van der Waals surface area contributed by atoms with Gasteiger partial charge in [0.15, 0.2) is 5.60 Å². The van der Waals surface area contributed by atoms with Crippen LogP contribution in [0.15, 0.2) is 0 Å². The Bertz CT molecular complexity index is 363. The molecule has 2 atom stereocenters. The number of carboxylic acids is 1. The summed E-state index contributed by atoms with van der Waals surface area (Å²) in [6.45, 7) is 7.53. The summed E-state index contributed by atoms with van der Waals surface area (Å²) in [5.74, 6) is -0.981. The standard InChI is InChI=1S/C13H23NO5/c1-9-8-13(18-5,10(15)16)6-7-14(9)11(17)19-12(2,3)4/h9H,6-8H2,1-5H3,(H,15,16). The van der Waals surface area contributed by atoms with Gasteiger partial charge in [0.2, 0.25) is 0 Å². The third kappa shape index (κ3) is 3.59. The van der Waals surface area contributed by atoms with Crippen LogP contribution in [0, 0.1) is 0 Å². The third-order valence-corrected chi connectivity index (χ3v) is 3.32. The van der Waals surface area contributed by atoms with Crippen molar-refractivity contribution in [3.63, 3.8) is 0 Å². The van der Waals surface area contributed by atoms with E-state index >= 15 is 0 Å². The van der Waals surface area contributed by atoms with Crippen LogP contribution in [0.25, 0.3) is 0 Å². The van der Waals surface area contributed by atoms with E-state index in [2.05, 4.69) is 0 Å². The molecular weight excluding hydrogens is 250 g/mol. The van der Waals surface area contributed by atoms with Crippen LogP contribution in [0.2, 0.25) is 0 Å². The largest absolute Gasteiger partial charge is 0.479 e. The number of ether oxygens (including phenoxy) is 2. The number of rotatable bonds is 2.